The summed E-state index contributed by atoms with van der Waals surface area (Å²) in [5, 5.41) is 2.86. The number of nitrogens with one attached hydrogen (secondary N) is 1. The number of carbonyl (C=O) groups is 3. The number of fused-ring (bicyclic) bond motifs is 1. The number of methoxy groups -OCH3 is 1. The van der Waals surface area contributed by atoms with E-state index in [1.165, 1.54) is 4.90 Å². The maximum Gasteiger partial charge on any atom is 0.265 e. The van der Waals surface area contributed by atoms with Gasteiger partial charge in [0.15, 0.2) is 19.0 Å². The Balaban J connectivity index is 1.48. The third-order valence-electron chi connectivity index (χ3n) is 5.65. The van der Waals surface area contributed by atoms with Gasteiger partial charge in [-0.1, -0.05) is 36.4 Å². The normalized spacial score (nSPS) is 13.3. The molecule has 0 unspecified atom stereocenters. The summed E-state index contributed by atoms with van der Waals surface area (Å²) in [6.45, 7) is 1.60. The van der Waals surface area contributed by atoms with Crippen molar-refractivity contribution >= 4 is 23.3 Å². The van der Waals surface area contributed by atoms with E-state index in [2.05, 4.69) is 5.32 Å². The molecule has 1 aliphatic rings. The highest BCUT2D eigenvalue weighted by molar-refractivity contribution is 6.05. The minimum absolute atomic E-state index is 0.185. The van der Waals surface area contributed by atoms with Gasteiger partial charge in [0.25, 0.3) is 5.91 Å². The number of benzene rings is 3. The summed E-state index contributed by atoms with van der Waals surface area (Å²) in [5.41, 5.74) is 1.66. The molecule has 1 heterocycles. The molecule has 2 amide bonds. The minimum atomic E-state index is -0.799. The van der Waals surface area contributed by atoms with Crippen LogP contribution in [0.15, 0.2) is 72.8 Å². The zero-order chi connectivity index (χ0) is 24.8. The Morgan fingerprint density at radius 2 is 1.80 bits per heavy atom. The van der Waals surface area contributed by atoms with Crippen molar-refractivity contribution in [2.24, 2.45) is 0 Å². The number of ketones is 1. The van der Waals surface area contributed by atoms with E-state index in [9.17, 15) is 14.4 Å². The van der Waals surface area contributed by atoms with Crippen molar-refractivity contribution in [1.82, 2.24) is 5.32 Å². The Morgan fingerprint density at radius 1 is 1.03 bits per heavy atom. The van der Waals surface area contributed by atoms with Crippen molar-refractivity contribution in [3.8, 4) is 17.2 Å². The molecule has 1 atom stereocenters. The number of hydrogen-bond donors (Lipinski definition) is 1. The van der Waals surface area contributed by atoms with Gasteiger partial charge in [0, 0.05) is 18.2 Å². The van der Waals surface area contributed by atoms with Crippen LogP contribution in [0.5, 0.6) is 17.2 Å². The number of rotatable bonds is 9. The van der Waals surface area contributed by atoms with E-state index in [0.717, 1.165) is 5.56 Å². The molecule has 8 heteroatoms. The van der Waals surface area contributed by atoms with Crippen LogP contribution >= 0.6 is 0 Å². The number of Topliss-reactive ketones (excluding diaryl/α,β-unsaturated/α-hetero) is 1. The summed E-state index contributed by atoms with van der Waals surface area (Å²) < 4.78 is 16.3. The lowest BCUT2D eigenvalue weighted by molar-refractivity contribution is -0.127. The first-order valence-electron chi connectivity index (χ1n) is 11.2. The predicted octanol–water partition coefficient (Wildman–Crippen LogP) is 3.39. The number of amides is 2. The van der Waals surface area contributed by atoms with Gasteiger partial charge in [-0.3, -0.25) is 19.3 Å². The van der Waals surface area contributed by atoms with E-state index < -0.39 is 6.04 Å². The second kappa shape index (κ2) is 10.7. The summed E-state index contributed by atoms with van der Waals surface area (Å²) >= 11 is 0. The second-order valence-corrected chi connectivity index (χ2v) is 8.01. The lowest BCUT2D eigenvalue weighted by atomic mass is 10.1. The van der Waals surface area contributed by atoms with Gasteiger partial charge in [0.1, 0.15) is 23.3 Å². The molecule has 0 fully saturated rings. The first kappa shape index (κ1) is 23.8. The molecule has 35 heavy (non-hydrogen) atoms. The summed E-state index contributed by atoms with van der Waals surface area (Å²) in [6.07, 6.45) is 0. The molecule has 0 aliphatic carbocycles. The topological polar surface area (TPSA) is 94.2 Å². The lowest BCUT2D eigenvalue weighted by Gasteiger charge is -2.33. The van der Waals surface area contributed by atoms with E-state index in [1.54, 1.807) is 56.5 Å². The Kier molecular flexibility index (Phi) is 7.30. The minimum Gasteiger partial charge on any atom is -0.497 e. The molecule has 180 valence electrons. The zero-order valence-corrected chi connectivity index (χ0v) is 19.5. The Hall–Kier alpha value is -4.33. The fourth-order valence-electron chi connectivity index (χ4n) is 3.74. The highest BCUT2D eigenvalue weighted by Gasteiger charge is 2.33. The van der Waals surface area contributed by atoms with Gasteiger partial charge in [-0.05, 0) is 42.8 Å². The summed E-state index contributed by atoms with van der Waals surface area (Å²) in [4.78, 5) is 39.8. The smallest absolute Gasteiger partial charge is 0.265 e. The SMILES string of the molecule is COc1cccc(OCC(=O)c2ccc3c(c2)N([C@H](C)C(=O)NCc2ccccc2)C(=O)CO3)c1. The van der Waals surface area contributed by atoms with E-state index in [4.69, 9.17) is 14.2 Å². The number of carbonyl (C=O) groups excluding carboxylic acids is 3. The van der Waals surface area contributed by atoms with Gasteiger partial charge in [-0.25, -0.2) is 0 Å². The summed E-state index contributed by atoms with van der Waals surface area (Å²) in [7, 11) is 1.55. The van der Waals surface area contributed by atoms with Crippen molar-refractivity contribution in [1.29, 1.82) is 0 Å². The molecule has 3 aromatic rings. The van der Waals surface area contributed by atoms with Gasteiger partial charge >= 0.3 is 0 Å². The molecule has 1 aliphatic heterocycles. The Bertz CT molecular complexity index is 1230. The maximum absolute atomic E-state index is 12.9. The van der Waals surface area contributed by atoms with Crippen molar-refractivity contribution in [3.63, 3.8) is 0 Å². The molecule has 0 aromatic heterocycles. The molecule has 0 bridgehead atoms. The van der Waals surface area contributed by atoms with E-state index in [1.807, 2.05) is 30.3 Å². The van der Waals surface area contributed by atoms with Crippen LogP contribution < -0.4 is 24.4 Å². The average molecular weight is 475 g/mol. The van der Waals surface area contributed by atoms with E-state index in [0.29, 0.717) is 35.0 Å². The third kappa shape index (κ3) is 5.60. The maximum atomic E-state index is 12.9. The van der Waals surface area contributed by atoms with E-state index in [-0.39, 0.29) is 30.8 Å². The predicted molar refractivity (Wildman–Crippen MR) is 130 cm³/mol. The van der Waals surface area contributed by atoms with Crippen LogP contribution in [-0.2, 0) is 16.1 Å². The quantitative estimate of drug-likeness (QED) is 0.478. The molecule has 1 N–H and O–H groups in total. The molecule has 4 rings (SSSR count). The zero-order valence-electron chi connectivity index (χ0n) is 19.5. The van der Waals surface area contributed by atoms with Gasteiger partial charge < -0.3 is 19.5 Å². The van der Waals surface area contributed by atoms with Gasteiger partial charge in [0.05, 0.1) is 12.8 Å². The molecular formula is C27H26N2O6. The largest absolute Gasteiger partial charge is 0.497 e. The molecule has 0 saturated heterocycles. The highest BCUT2D eigenvalue weighted by Crippen LogP contribution is 2.34. The van der Waals surface area contributed by atoms with Crippen LogP contribution in [0.1, 0.15) is 22.8 Å². The van der Waals surface area contributed by atoms with Crippen LogP contribution in [0.3, 0.4) is 0 Å². The van der Waals surface area contributed by atoms with Crippen LogP contribution in [-0.4, -0.2) is 44.0 Å². The van der Waals surface area contributed by atoms with Crippen molar-refractivity contribution in [3.05, 3.63) is 83.9 Å². The molecule has 3 aromatic carbocycles. The van der Waals surface area contributed by atoms with Crippen LogP contribution in [0.25, 0.3) is 0 Å². The number of hydrogen-bond acceptors (Lipinski definition) is 6. The number of ether oxygens (including phenoxy) is 3. The molecule has 8 nitrogen and oxygen atoms in total. The third-order valence-corrected chi connectivity index (χ3v) is 5.65. The highest BCUT2D eigenvalue weighted by atomic mass is 16.5. The average Bonchev–Trinajstić information content (AvgIpc) is 2.90. The fraction of sp³-hybridized carbons (Fsp3) is 0.222. The molecule has 0 saturated carbocycles. The van der Waals surface area contributed by atoms with Gasteiger partial charge in [0.2, 0.25) is 5.91 Å². The van der Waals surface area contributed by atoms with Crippen LogP contribution in [0.4, 0.5) is 5.69 Å². The Morgan fingerprint density at radius 3 is 2.57 bits per heavy atom. The Labute approximate surface area is 203 Å². The number of anilines is 1. The van der Waals surface area contributed by atoms with Crippen LogP contribution in [0, 0.1) is 0 Å². The summed E-state index contributed by atoms with van der Waals surface area (Å²) in [5.74, 6) is 0.589. The molecule has 0 radical (unpaired) electrons. The monoisotopic (exact) mass is 474 g/mol. The fourth-order valence-corrected chi connectivity index (χ4v) is 3.74. The number of nitrogens with zero attached hydrogens (tertiary/aromatic N) is 1. The molecule has 0 spiro atoms. The van der Waals surface area contributed by atoms with Crippen molar-refractivity contribution in [2.75, 3.05) is 25.2 Å². The summed E-state index contributed by atoms with van der Waals surface area (Å²) in [6, 6.07) is 20.5. The van der Waals surface area contributed by atoms with Gasteiger partial charge in [-0.2, -0.15) is 0 Å². The van der Waals surface area contributed by atoms with Gasteiger partial charge in [-0.15, -0.1) is 0 Å². The lowest BCUT2D eigenvalue weighted by Crippen LogP contribution is -2.51. The first-order valence-corrected chi connectivity index (χ1v) is 11.2. The van der Waals surface area contributed by atoms with Crippen molar-refractivity contribution in [2.45, 2.75) is 19.5 Å². The van der Waals surface area contributed by atoms with E-state index >= 15 is 0 Å². The van der Waals surface area contributed by atoms with Crippen molar-refractivity contribution < 1.29 is 28.6 Å². The second-order valence-electron chi connectivity index (χ2n) is 8.01. The molecular weight excluding hydrogens is 448 g/mol. The first-order chi connectivity index (χ1) is 17.0. The van der Waals surface area contributed by atoms with Crippen LogP contribution in [0.2, 0.25) is 0 Å². The standard InChI is InChI=1S/C27H26N2O6/c1-18(27(32)28-15-19-7-4-3-5-8-19)29-23-13-20(11-12-25(23)35-17-26(29)31)24(30)16-34-22-10-6-9-21(14-22)33-2/h3-14,18H,15-17H2,1-2H3,(H,28,32)/t18-/m1/s1.